The first-order valence-corrected chi connectivity index (χ1v) is 7.67. The molecule has 5 N–H and O–H groups in total. The number of carbonyl (C=O) groups excluding carboxylic acids is 1. The van der Waals surface area contributed by atoms with Crippen LogP contribution in [0.1, 0.15) is 42.5 Å². The van der Waals surface area contributed by atoms with Crippen LogP contribution in [0.2, 0.25) is 0 Å². The Balaban J connectivity index is 0.000000300. The van der Waals surface area contributed by atoms with Gasteiger partial charge in [-0.3, -0.25) is 9.59 Å². The molecule has 0 unspecified atom stereocenters. The van der Waals surface area contributed by atoms with Crippen molar-refractivity contribution in [3.8, 4) is 0 Å². The molecule has 2 rings (SSSR count). The summed E-state index contributed by atoms with van der Waals surface area (Å²) >= 11 is 3.24. The summed E-state index contributed by atoms with van der Waals surface area (Å²) in [5.74, 6) is -0.968. The summed E-state index contributed by atoms with van der Waals surface area (Å²) in [7, 11) is 0. The summed E-state index contributed by atoms with van der Waals surface area (Å²) in [4.78, 5) is 19.4. The highest BCUT2D eigenvalue weighted by atomic mass is 79.9. The number of carboxylic acids is 1. The summed E-state index contributed by atoms with van der Waals surface area (Å²) < 4.78 is 0.937. The molecule has 1 aliphatic rings. The maximum absolute atomic E-state index is 10.1. The van der Waals surface area contributed by atoms with Gasteiger partial charge in [0.05, 0.1) is 6.54 Å². The number of carbonyl (C=O) groups is 2. The highest BCUT2D eigenvalue weighted by molar-refractivity contribution is 9.10. The van der Waals surface area contributed by atoms with Crippen LogP contribution in [0.5, 0.6) is 0 Å². The van der Waals surface area contributed by atoms with E-state index in [4.69, 9.17) is 10.8 Å². The van der Waals surface area contributed by atoms with E-state index in [9.17, 15) is 9.59 Å². The molecule has 0 radical (unpaired) electrons. The highest BCUT2D eigenvalue weighted by Gasteiger charge is 2.06. The number of hydrogen-bond acceptors (Lipinski definition) is 4. The van der Waals surface area contributed by atoms with E-state index in [0.717, 1.165) is 10.8 Å². The van der Waals surface area contributed by atoms with E-state index in [2.05, 4.69) is 21.7 Å². The molecule has 1 saturated carbocycles. The first-order chi connectivity index (χ1) is 9.99. The van der Waals surface area contributed by atoms with Crippen LogP contribution in [0, 0.1) is 0 Å². The first-order valence-electron chi connectivity index (χ1n) is 6.87. The quantitative estimate of drug-likeness (QED) is 0.704. The number of rotatable bonds is 2. The van der Waals surface area contributed by atoms with Crippen LogP contribution in [0.4, 0.5) is 0 Å². The van der Waals surface area contributed by atoms with Gasteiger partial charge in [-0.05, 0) is 25.0 Å². The minimum atomic E-state index is -0.968. The molecule has 1 aromatic carbocycles. The summed E-state index contributed by atoms with van der Waals surface area (Å²) in [6.07, 6.45) is 7.49. The number of hydrogen-bond donors (Lipinski definition) is 3. The van der Waals surface area contributed by atoms with Crippen molar-refractivity contribution in [3.05, 3.63) is 34.3 Å². The fourth-order valence-electron chi connectivity index (χ4n) is 1.71. The smallest absolute Gasteiger partial charge is 0.317 e. The first kappa shape index (κ1) is 19.8. The van der Waals surface area contributed by atoms with E-state index in [-0.39, 0.29) is 6.54 Å². The molecule has 0 aliphatic heterocycles. The summed E-state index contributed by atoms with van der Waals surface area (Å²) in [5, 5.41) is 7.60. The number of aliphatic carboxylic acids is 1. The predicted molar refractivity (Wildman–Crippen MR) is 87.3 cm³/mol. The molecule has 1 aromatic rings. The molecular weight excluding hydrogens is 336 g/mol. The summed E-state index contributed by atoms with van der Waals surface area (Å²) in [5.41, 5.74) is 10.9. The van der Waals surface area contributed by atoms with Gasteiger partial charge in [0.15, 0.2) is 0 Å². The van der Waals surface area contributed by atoms with E-state index in [1.807, 2.05) is 12.1 Å². The molecule has 0 spiro atoms. The van der Waals surface area contributed by atoms with Crippen LogP contribution in [0.25, 0.3) is 0 Å². The molecule has 6 heteroatoms. The van der Waals surface area contributed by atoms with Gasteiger partial charge in [-0.2, -0.15) is 0 Å². The Hall–Kier alpha value is -1.24. The minimum Gasteiger partial charge on any atom is -0.480 e. The van der Waals surface area contributed by atoms with Crippen molar-refractivity contribution in [2.24, 2.45) is 11.5 Å². The van der Waals surface area contributed by atoms with Crippen LogP contribution in [-0.2, 0) is 4.79 Å². The second kappa shape index (κ2) is 12.5. The zero-order chi connectivity index (χ0) is 16.1. The SMILES string of the molecule is NC1CCCCC1.NCC(=O)O.O=Cc1cccc(Br)c1. The topological polar surface area (TPSA) is 106 Å². The molecule has 0 heterocycles. The van der Waals surface area contributed by atoms with Gasteiger partial charge in [0.2, 0.25) is 0 Å². The van der Waals surface area contributed by atoms with Crippen LogP contribution in [-0.4, -0.2) is 29.9 Å². The average Bonchev–Trinajstić information content (AvgIpc) is 2.49. The van der Waals surface area contributed by atoms with Crippen molar-refractivity contribution >= 4 is 28.2 Å². The fourth-order valence-corrected chi connectivity index (χ4v) is 2.13. The van der Waals surface area contributed by atoms with Gasteiger partial charge in [0.25, 0.3) is 0 Å². The normalized spacial score (nSPS) is 14.0. The minimum absolute atomic E-state index is 0.278. The Labute approximate surface area is 133 Å². The molecule has 1 fully saturated rings. The number of halogens is 1. The third kappa shape index (κ3) is 12.2. The van der Waals surface area contributed by atoms with Gasteiger partial charge >= 0.3 is 5.97 Å². The van der Waals surface area contributed by atoms with Gasteiger partial charge in [-0.15, -0.1) is 0 Å². The predicted octanol–water partition coefficient (Wildman–Crippen LogP) is 2.57. The molecule has 0 atom stereocenters. The number of carboxylic acid groups (broad SMARTS) is 1. The molecule has 0 amide bonds. The Morgan fingerprint density at radius 2 is 1.90 bits per heavy atom. The van der Waals surface area contributed by atoms with E-state index in [1.54, 1.807) is 12.1 Å². The van der Waals surface area contributed by atoms with Crippen molar-refractivity contribution in [2.45, 2.75) is 38.1 Å². The highest BCUT2D eigenvalue weighted by Crippen LogP contribution is 2.14. The largest absolute Gasteiger partial charge is 0.480 e. The Kier molecular flexibility index (Phi) is 11.8. The second-order valence-electron chi connectivity index (χ2n) is 4.67. The number of nitrogens with two attached hydrogens (primary N) is 2. The summed E-state index contributed by atoms with van der Waals surface area (Å²) in [6.45, 7) is -0.278. The Morgan fingerprint density at radius 3 is 2.19 bits per heavy atom. The number of benzene rings is 1. The van der Waals surface area contributed by atoms with Crippen LogP contribution in [0.3, 0.4) is 0 Å². The lowest BCUT2D eigenvalue weighted by Gasteiger charge is -2.15. The summed E-state index contributed by atoms with van der Waals surface area (Å²) in [6, 6.07) is 7.78. The number of aldehydes is 1. The van der Waals surface area contributed by atoms with Crippen molar-refractivity contribution in [1.82, 2.24) is 0 Å². The van der Waals surface area contributed by atoms with Crippen LogP contribution in [0.15, 0.2) is 28.7 Å². The monoisotopic (exact) mass is 358 g/mol. The molecule has 0 saturated heterocycles. The zero-order valence-electron chi connectivity index (χ0n) is 12.0. The molecule has 5 nitrogen and oxygen atoms in total. The fraction of sp³-hybridized carbons (Fsp3) is 0.467. The standard InChI is InChI=1S/C7H5BrO.C6H13N.C2H5NO2/c8-7-3-1-2-6(4-7)5-9;7-6-4-2-1-3-5-6;3-1-2(4)5/h1-5H;6H,1-5,7H2;1,3H2,(H,4,5). The Morgan fingerprint density at radius 1 is 1.33 bits per heavy atom. The van der Waals surface area contributed by atoms with Crippen molar-refractivity contribution < 1.29 is 14.7 Å². The van der Waals surface area contributed by atoms with Gasteiger partial charge in [-0.25, -0.2) is 0 Å². The lowest BCUT2D eigenvalue weighted by atomic mass is 9.97. The molecule has 118 valence electrons. The molecule has 1 aliphatic carbocycles. The molecular formula is C15H23BrN2O3. The molecule has 0 bridgehead atoms. The Bertz CT molecular complexity index is 421. The van der Waals surface area contributed by atoms with Crippen molar-refractivity contribution in [1.29, 1.82) is 0 Å². The molecule has 21 heavy (non-hydrogen) atoms. The third-order valence-corrected chi connectivity index (χ3v) is 3.30. The van der Waals surface area contributed by atoms with Gasteiger partial charge in [0, 0.05) is 16.1 Å². The van der Waals surface area contributed by atoms with E-state index in [0.29, 0.717) is 11.6 Å². The lowest BCUT2D eigenvalue weighted by Crippen LogP contribution is -2.22. The van der Waals surface area contributed by atoms with E-state index in [1.165, 1.54) is 32.1 Å². The lowest BCUT2D eigenvalue weighted by molar-refractivity contribution is -0.135. The van der Waals surface area contributed by atoms with Gasteiger partial charge in [0.1, 0.15) is 6.29 Å². The van der Waals surface area contributed by atoms with E-state index >= 15 is 0 Å². The second-order valence-corrected chi connectivity index (χ2v) is 5.58. The van der Waals surface area contributed by atoms with Gasteiger partial charge < -0.3 is 16.6 Å². The van der Waals surface area contributed by atoms with Crippen LogP contribution < -0.4 is 11.5 Å². The zero-order valence-corrected chi connectivity index (χ0v) is 13.6. The van der Waals surface area contributed by atoms with Crippen molar-refractivity contribution in [3.63, 3.8) is 0 Å². The van der Waals surface area contributed by atoms with Gasteiger partial charge in [-0.1, -0.05) is 47.3 Å². The third-order valence-electron chi connectivity index (χ3n) is 2.81. The van der Waals surface area contributed by atoms with Crippen LogP contribution >= 0.6 is 15.9 Å². The van der Waals surface area contributed by atoms with E-state index < -0.39 is 5.97 Å². The maximum Gasteiger partial charge on any atom is 0.317 e. The van der Waals surface area contributed by atoms with Crippen molar-refractivity contribution in [2.75, 3.05) is 6.54 Å². The average molecular weight is 359 g/mol. The molecule has 0 aromatic heterocycles. The maximum atomic E-state index is 10.1.